The van der Waals surface area contributed by atoms with Gasteiger partial charge in [0.2, 0.25) is 5.76 Å². The van der Waals surface area contributed by atoms with E-state index in [1.54, 1.807) is 12.1 Å². The number of halogens is 5. The SMILES string of the molecule is O=C(Nc1ccc(-c2c(C(F)(F)F)oc3ccccc23)cn1)c1c(F)cncc1F. The number of para-hydroxylation sites is 1. The van der Waals surface area contributed by atoms with Gasteiger partial charge in [-0.1, -0.05) is 18.2 Å². The minimum atomic E-state index is -4.74. The van der Waals surface area contributed by atoms with Gasteiger partial charge < -0.3 is 9.73 Å². The number of hydrogen-bond acceptors (Lipinski definition) is 4. The van der Waals surface area contributed by atoms with Crippen LogP contribution in [0.15, 0.2) is 59.4 Å². The Balaban J connectivity index is 1.69. The highest BCUT2D eigenvalue weighted by Gasteiger charge is 2.39. The van der Waals surface area contributed by atoms with Gasteiger partial charge in [0.25, 0.3) is 5.91 Å². The lowest BCUT2D eigenvalue weighted by Crippen LogP contribution is -2.17. The fourth-order valence-electron chi connectivity index (χ4n) is 2.95. The molecule has 0 saturated heterocycles. The van der Waals surface area contributed by atoms with Crippen LogP contribution in [0.2, 0.25) is 0 Å². The molecule has 0 aliphatic carbocycles. The van der Waals surface area contributed by atoms with Crippen molar-refractivity contribution in [3.8, 4) is 11.1 Å². The molecule has 0 bridgehead atoms. The van der Waals surface area contributed by atoms with Crippen molar-refractivity contribution in [1.82, 2.24) is 9.97 Å². The van der Waals surface area contributed by atoms with Crippen LogP contribution < -0.4 is 5.32 Å². The molecule has 3 heterocycles. The Hall–Kier alpha value is -3.82. The Bertz CT molecular complexity index is 1230. The number of furan rings is 1. The lowest BCUT2D eigenvalue weighted by molar-refractivity contribution is -0.151. The summed E-state index contributed by atoms with van der Waals surface area (Å²) >= 11 is 0. The molecule has 4 aromatic rings. The van der Waals surface area contributed by atoms with Crippen LogP contribution in [-0.2, 0) is 6.18 Å². The van der Waals surface area contributed by atoms with Gasteiger partial charge in [-0.05, 0) is 18.2 Å². The predicted molar refractivity (Wildman–Crippen MR) is 96.6 cm³/mol. The second-order valence-corrected chi connectivity index (χ2v) is 6.16. The number of pyridine rings is 2. The van der Waals surface area contributed by atoms with Gasteiger partial charge in [0.15, 0.2) is 11.6 Å². The zero-order valence-corrected chi connectivity index (χ0v) is 14.8. The van der Waals surface area contributed by atoms with Crippen LogP contribution in [0.5, 0.6) is 0 Å². The fraction of sp³-hybridized carbons (Fsp3) is 0.0500. The van der Waals surface area contributed by atoms with Crippen LogP contribution in [-0.4, -0.2) is 15.9 Å². The zero-order valence-electron chi connectivity index (χ0n) is 14.8. The summed E-state index contributed by atoms with van der Waals surface area (Å²) in [6, 6.07) is 8.51. The van der Waals surface area contributed by atoms with Crippen molar-refractivity contribution in [2.45, 2.75) is 6.18 Å². The molecule has 10 heteroatoms. The lowest BCUT2D eigenvalue weighted by atomic mass is 10.0. The van der Waals surface area contributed by atoms with Crippen molar-refractivity contribution in [2.24, 2.45) is 0 Å². The number of nitrogens with zero attached hydrogens (tertiary/aromatic N) is 2. The molecule has 0 atom stereocenters. The monoisotopic (exact) mass is 419 g/mol. The Morgan fingerprint density at radius 3 is 2.30 bits per heavy atom. The van der Waals surface area contributed by atoms with Gasteiger partial charge in [-0.15, -0.1) is 0 Å². The summed E-state index contributed by atoms with van der Waals surface area (Å²) in [5.74, 6) is -4.73. The van der Waals surface area contributed by atoms with Crippen molar-refractivity contribution in [3.63, 3.8) is 0 Å². The van der Waals surface area contributed by atoms with Crippen LogP contribution in [0.3, 0.4) is 0 Å². The minimum Gasteiger partial charge on any atom is -0.451 e. The van der Waals surface area contributed by atoms with Crippen molar-refractivity contribution in [1.29, 1.82) is 0 Å². The van der Waals surface area contributed by atoms with Crippen LogP contribution in [0.4, 0.5) is 27.8 Å². The van der Waals surface area contributed by atoms with E-state index in [-0.39, 0.29) is 27.9 Å². The van der Waals surface area contributed by atoms with Gasteiger partial charge in [0.05, 0.1) is 12.4 Å². The molecular weight excluding hydrogens is 409 g/mol. The smallest absolute Gasteiger partial charge is 0.450 e. The highest BCUT2D eigenvalue weighted by atomic mass is 19.4. The number of alkyl halides is 3. The topological polar surface area (TPSA) is 68.0 Å². The Morgan fingerprint density at radius 1 is 0.967 bits per heavy atom. The molecular formula is C20H10F5N3O2. The first-order valence-electron chi connectivity index (χ1n) is 8.41. The summed E-state index contributed by atoms with van der Waals surface area (Å²) < 4.78 is 72.6. The van der Waals surface area contributed by atoms with Crippen molar-refractivity contribution in [3.05, 3.63) is 77.9 Å². The van der Waals surface area contributed by atoms with Gasteiger partial charge in [-0.25, -0.2) is 13.8 Å². The first-order chi connectivity index (χ1) is 14.3. The molecule has 4 rings (SSSR count). The number of nitrogens with one attached hydrogen (secondary N) is 1. The maximum atomic E-state index is 13.7. The number of fused-ring (bicyclic) bond motifs is 1. The first kappa shape index (κ1) is 19.5. The number of benzene rings is 1. The quantitative estimate of drug-likeness (QED) is 0.449. The van der Waals surface area contributed by atoms with Gasteiger partial charge in [-0.3, -0.25) is 9.78 Å². The third-order valence-electron chi connectivity index (χ3n) is 4.23. The van der Waals surface area contributed by atoms with Gasteiger partial charge in [-0.2, -0.15) is 13.2 Å². The van der Waals surface area contributed by atoms with Gasteiger partial charge in [0, 0.05) is 22.7 Å². The van der Waals surface area contributed by atoms with E-state index in [4.69, 9.17) is 4.42 Å². The van der Waals surface area contributed by atoms with Crippen LogP contribution in [0.25, 0.3) is 22.1 Å². The van der Waals surface area contributed by atoms with Crippen LogP contribution >= 0.6 is 0 Å². The molecule has 3 aromatic heterocycles. The molecule has 30 heavy (non-hydrogen) atoms. The maximum Gasteiger partial charge on any atom is 0.450 e. The van der Waals surface area contributed by atoms with Crippen molar-refractivity contribution in [2.75, 3.05) is 5.32 Å². The molecule has 1 N–H and O–H groups in total. The second kappa shape index (κ2) is 7.21. The standard InChI is InChI=1S/C20H10F5N3O2/c21-12-8-26-9-13(22)17(12)19(29)28-15-6-5-10(7-27-15)16-11-3-1-2-4-14(11)30-18(16)20(23,24)25/h1-9H,(H,27,28,29). The van der Waals surface area contributed by atoms with E-state index in [1.165, 1.54) is 24.3 Å². The molecule has 1 aromatic carbocycles. The van der Waals surface area contributed by atoms with Crippen molar-refractivity contribution < 1.29 is 31.2 Å². The van der Waals surface area contributed by atoms with E-state index in [2.05, 4.69) is 15.3 Å². The molecule has 0 aliphatic heterocycles. The highest BCUT2D eigenvalue weighted by Crippen LogP contribution is 2.43. The Labute approximate surface area is 165 Å². The number of rotatable bonds is 3. The van der Waals surface area contributed by atoms with E-state index in [0.717, 1.165) is 6.20 Å². The van der Waals surface area contributed by atoms with E-state index < -0.39 is 35.0 Å². The number of hydrogen-bond donors (Lipinski definition) is 1. The summed E-state index contributed by atoms with van der Waals surface area (Å²) in [7, 11) is 0. The maximum absolute atomic E-state index is 13.7. The predicted octanol–water partition coefficient (Wildman–Crippen LogP) is 5.44. The van der Waals surface area contributed by atoms with Crippen LogP contribution in [0, 0.1) is 11.6 Å². The number of amides is 1. The summed E-state index contributed by atoms with van der Waals surface area (Å²) in [4.78, 5) is 19.3. The first-order valence-corrected chi connectivity index (χ1v) is 8.41. The third-order valence-corrected chi connectivity index (χ3v) is 4.23. The average Bonchev–Trinajstić information content (AvgIpc) is 3.09. The molecule has 5 nitrogen and oxygen atoms in total. The molecule has 0 saturated carbocycles. The molecule has 0 aliphatic rings. The van der Waals surface area contributed by atoms with E-state index in [0.29, 0.717) is 12.4 Å². The van der Waals surface area contributed by atoms with E-state index in [1.807, 2.05) is 0 Å². The summed E-state index contributed by atoms with van der Waals surface area (Å²) in [6.45, 7) is 0. The molecule has 0 radical (unpaired) electrons. The molecule has 152 valence electrons. The largest absolute Gasteiger partial charge is 0.451 e. The normalized spacial score (nSPS) is 11.6. The zero-order chi connectivity index (χ0) is 21.5. The molecule has 1 amide bonds. The lowest BCUT2D eigenvalue weighted by Gasteiger charge is -2.09. The van der Waals surface area contributed by atoms with Crippen LogP contribution in [0.1, 0.15) is 16.1 Å². The van der Waals surface area contributed by atoms with Crippen molar-refractivity contribution >= 4 is 22.7 Å². The second-order valence-electron chi connectivity index (χ2n) is 6.16. The Morgan fingerprint density at radius 2 is 1.67 bits per heavy atom. The number of aromatic nitrogens is 2. The highest BCUT2D eigenvalue weighted by molar-refractivity contribution is 6.04. The fourth-order valence-corrected chi connectivity index (χ4v) is 2.95. The third kappa shape index (κ3) is 3.47. The summed E-state index contributed by atoms with van der Waals surface area (Å²) in [6.07, 6.45) is -2.28. The average molecular weight is 419 g/mol. The molecule has 0 spiro atoms. The van der Waals surface area contributed by atoms with E-state index >= 15 is 0 Å². The van der Waals surface area contributed by atoms with E-state index in [9.17, 15) is 26.7 Å². The number of carbonyl (C=O) groups excluding carboxylic acids is 1. The Kier molecular flexibility index (Phi) is 4.69. The summed E-state index contributed by atoms with van der Waals surface area (Å²) in [5, 5.41) is 2.43. The number of carbonyl (C=O) groups is 1. The minimum absolute atomic E-state index is 0.0563. The van der Waals surface area contributed by atoms with Gasteiger partial charge in [0.1, 0.15) is 17.0 Å². The molecule has 0 unspecified atom stereocenters. The van der Waals surface area contributed by atoms with Gasteiger partial charge >= 0.3 is 6.18 Å². The molecule has 0 fully saturated rings. The summed E-state index contributed by atoms with van der Waals surface area (Å²) in [5.41, 5.74) is -0.904. The number of anilines is 1.